The van der Waals surface area contributed by atoms with Crippen LogP contribution in [0.15, 0.2) is 60.8 Å². The lowest BCUT2D eigenvalue weighted by atomic mass is 10.2. The van der Waals surface area contributed by atoms with Crippen LogP contribution in [0, 0.1) is 0 Å². The number of benzene rings is 2. The Hall–Kier alpha value is -3.15. The molecule has 0 saturated heterocycles. The molecule has 0 radical (unpaired) electrons. The first-order chi connectivity index (χ1) is 11.9. The molecule has 1 N–H and O–H groups in total. The second-order valence-corrected chi connectivity index (χ2v) is 5.41. The normalized spacial score (nSPS) is 15.8. The van der Waals surface area contributed by atoms with Gasteiger partial charge < -0.3 is 14.8 Å². The summed E-state index contributed by atoms with van der Waals surface area (Å²) in [5.41, 5.74) is 1.78. The van der Waals surface area contributed by atoms with Crippen molar-refractivity contribution in [1.29, 1.82) is 0 Å². The summed E-state index contributed by atoms with van der Waals surface area (Å²) < 4.78 is 11.6. The SMILES string of the molecule is c1ccc(-c2cnnc(NCC3COc4ccccc4O3)n2)cc1. The van der Waals surface area contributed by atoms with Crippen LogP contribution < -0.4 is 14.8 Å². The monoisotopic (exact) mass is 320 g/mol. The largest absolute Gasteiger partial charge is 0.486 e. The fourth-order valence-electron chi connectivity index (χ4n) is 2.50. The number of rotatable bonds is 4. The average molecular weight is 320 g/mol. The first-order valence-corrected chi connectivity index (χ1v) is 7.76. The summed E-state index contributed by atoms with van der Waals surface area (Å²) in [6.45, 7) is 1.02. The molecule has 6 heteroatoms. The number of nitrogens with zero attached hydrogens (tertiary/aromatic N) is 3. The molecule has 0 aliphatic carbocycles. The minimum absolute atomic E-state index is 0.108. The van der Waals surface area contributed by atoms with Crippen LogP contribution in [0.1, 0.15) is 0 Å². The quantitative estimate of drug-likeness (QED) is 0.797. The molecule has 6 nitrogen and oxygen atoms in total. The third kappa shape index (κ3) is 3.12. The van der Waals surface area contributed by atoms with Crippen molar-refractivity contribution in [3.63, 3.8) is 0 Å². The first-order valence-electron chi connectivity index (χ1n) is 7.76. The molecule has 0 spiro atoms. The maximum absolute atomic E-state index is 5.91. The molecule has 0 bridgehead atoms. The van der Waals surface area contributed by atoms with Gasteiger partial charge in [-0.05, 0) is 12.1 Å². The molecule has 120 valence electrons. The van der Waals surface area contributed by atoms with Gasteiger partial charge in [0.25, 0.3) is 0 Å². The van der Waals surface area contributed by atoms with Crippen molar-refractivity contribution in [3.8, 4) is 22.8 Å². The summed E-state index contributed by atoms with van der Waals surface area (Å²) in [5, 5.41) is 11.2. The Balaban J connectivity index is 1.42. The molecule has 24 heavy (non-hydrogen) atoms. The van der Waals surface area contributed by atoms with E-state index in [4.69, 9.17) is 9.47 Å². The molecule has 1 atom stereocenters. The number of ether oxygens (including phenoxy) is 2. The second-order valence-electron chi connectivity index (χ2n) is 5.41. The zero-order chi connectivity index (χ0) is 16.2. The van der Waals surface area contributed by atoms with Gasteiger partial charge in [-0.3, -0.25) is 0 Å². The summed E-state index contributed by atoms with van der Waals surface area (Å²) in [6, 6.07) is 17.5. The molecule has 0 fully saturated rings. The van der Waals surface area contributed by atoms with Crippen molar-refractivity contribution in [2.75, 3.05) is 18.5 Å². The van der Waals surface area contributed by atoms with Crippen molar-refractivity contribution in [1.82, 2.24) is 15.2 Å². The number of hydrogen-bond acceptors (Lipinski definition) is 6. The van der Waals surface area contributed by atoms with E-state index in [0.717, 1.165) is 22.8 Å². The fraction of sp³-hybridized carbons (Fsp3) is 0.167. The third-order valence-corrected chi connectivity index (χ3v) is 3.68. The molecule has 2 aromatic carbocycles. The van der Waals surface area contributed by atoms with Crippen LogP contribution >= 0.6 is 0 Å². The zero-order valence-corrected chi connectivity index (χ0v) is 12.9. The molecule has 1 aromatic heterocycles. The van der Waals surface area contributed by atoms with Gasteiger partial charge in [0.1, 0.15) is 12.7 Å². The molecule has 1 unspecified atom stereocenters. The standard InChI is InChI=1S/C18H16N4O2/c1-2-6-13(7-3-1)15-11-20-22-18(21-15)19-10-14-12-23-16-8-4-5-9-17(16)24-14/h1-9,11,14H,10,12H2,(H,19,21,22). The van der Waals surface area contributed by atoms with Gasteiger partial charge in [0.05, 0.1) is 18.4 Å². The first kappa shape index (κ1) is 14.4. The molecule has 0 amide bonds. The predicted octanol–water partition coefficient (Wildman–Crippen LogP) is 2.79. The molecule has 2 heterocycles. The molecule has 0 saturated carbocycles. The number of para-hydroxylation sites is 2. The van der Waals surface area contributed by atoms with Gasteiger partial charge in [-0.25, -0.2) is 4.98 Å². The Bertz CT molecular complexity index is 826. The smallest absolute Gasteiger partial charge is 0.243 e. The average Bonchev–Trinajstić information content (AvgIpc) is 2.67. The van der Waals surface area contributed by atoms with Gasteiger partial charge in [0.2, 0.25) is 5.95 Å². The Labute approximate surface area is 139 Å². The third-order valence-electron chi connectivity index (χ3n) is 3.68. The van der Waals surface area contributed by atoms with Gasteiger partial charge >= 0.3 is 0 Å². The lowest BCUT2D eigenvalue weighted by Crippen LogP contribution is -2.35. The van der Waals surface area contributed by atoms with Crippen LogP contribution in [0.3, 0.4) is 0 Å². The van der Waals surface area contributed by atoms with Crippen molar-refractivity contribution in [2.24, 2.45) is 0 Å². The van der Waals surface area contributed by atoms with Crippen LogP contribution in [0.5, 0.6) is 11.5 Å². The van der Waals surface area contributed by atoms with Crippen molar-refractivity contribution in [3.05, 3.63) is 60.8 Å². The van der Waals surface area contributed by atoms with E-state index < -0.39 is 0 Å². The van der Waals surface area contributed by atoms with E-state index in [-0.39, 0.29) is 6.10 Å². The minimum Gasteiger partial charge on any atom is -0.486 e. The summed E-state index contributed by atoms with van der Waals surface area (Å²) in [7, 11) is 0. The number of fused-ring (bicyclic) bond motifs is 1. The van der Waals surface area contributed by atoms with E-state index in [1.54, 1.807) is 6.20 Å². The summed E-state index contributed by atoms with van der Waals surface area (Å²) in [5.74, 6) is 2.00. The Morgan fingerprint density at radius 1 is 1.00 bits per heavy atom. The van der Waals surface area contributed by atoms with E-state index >= 15 is 0 Å². The van der Waals surface area contributed by atoms with Crippen LogP contribution in [-0.2, 0) is 0 Å². The molecule has 4 rings (SSSR count). The summed E-state index contributed by atoms with van der Waals surface area (Å²) in [4.78, 5) is 4.49. The van der Waals surface area contributed by atoms with Gasteiger partial charge in [-0.1, -0.05) is 42.5 Å². The van der Waals surface area contributed by atoms with Gasteiger partial charge in [-0.2, -0.15) is 5.10 Å². The van der Waals surface area contributed by atoms with Crippen molar-refractivity contribution < 1.29 is 9.47 Å². The molecule has 1 aliphatic rings. The highest BCUT2D eigenvalue weighted by molar-refractivity contribution is 5.58. The van der Waals surface area contributed by atoms with E-state index in [1.807, 2.05) is 54.6 Å². The van der Waals surface area contributed by atoms with Gasteiger partial charge in [0.15, 0.2) is 11.5 Å². The lowest BCUT2D eigenvalue weighted by molar-refractivity contribution is 0.0996. The highest BCUT2D eigenvalue weighted by Gasteiger charge is 2.20. The Morgan fingerprint density at radius 3 is 2.67 bits per heavy atom. The fourth-order valence-corrected chi connectivity index (χ4v) is 2.50. The van der Waals surface area contributed by atoms with E-state index in [0.29, 0.717) is 19.1 Å². The minimum atomic E-state index is -0.108. The molecular formula is C18H16N4O2. The van der Waals surface area contributed by atoms with Crippen LogP contribution in [0.25, 0.3) is 11.3 Å². The summed E-state index contributed by atoms with van der Waals surface area (Å²) in [6.07, 6.45) is 1.54. The Kier molecular flexibility index (Phi) is 3.93. The van der Waals surface area contributed by atoms with Gasteiger partial charge in [-0.15, -0.1) is 5.10 Å². The lowest BCUT2D eigenvalue weighted by Gasteiger charge is -2.26. The predicted molar refractivity (Wildman–Crippen MR) is 90.1 cm³/mol. The van der Waals surface area contributed by atoms with Crippen LogP contribution in [0.4, 0.5) is 5.95 Å². The summed E-state index contributed by atoms with van der Waals surface area (Å²) >= 11 is 0. The molecule has 1 aliphatic heterocycles. The van der Waals surface area contributed by atoms with Crippen LogP contribution in [-0.4, -0.2) is 34.4 Å². The highest BCUT2D eigenvalue weighted by Crippen LogP contribution is 2.30. The topological polar surface area (TPSA) is 69.2 Å². The Morgan fingerprint density at radius 2 is 1.79 bits per heavy atom. The van der Waals surface area contributed by atoms with Gasteiger partial charge in [0, 0.05) is 5.56 Å². The highest BCUT2D eigenvalue weighted by atomic mass is 16.6. The molecule has 3 aromatic rings. The van der Waals surface area contributed by atoms with Crippen molar-refractivity contribution >= 4 is 5.95 Å². The number of anilines is 1. The van der Waals surface area contributed by atoms with E-state index in [1.165, 1.54) is 0 Å². The van der Waals surface area contributed by atoms with E-state index in [9.17, 15) is 0 Å². The van der Waals surface area contributed by atoms with E-state index in [2.05, 4.69) is 20.5 Å². The number of nitrogens with one attached hydrogen (secondary N) is 1. The second kappa shape index (κ2) is 6.54. The van der Waals surface area contributed by atoms with Crippen LogP contribution in [0.2, 0.25) is 0 Å². The number of hydrogen-bond donors (Lipinski definition) is 1. The van der Waals surface area contributed by atoms with Crippen molar-refractivity contribution in [2.45, 2.75) is 6.10 Å². The zero-order valence-electron chi connectivity index (χ0n) is 12.9. The molecular weight excluding hydrogens is 304 g/mol. The number of aromatic nitrogens is 3. The maximum atomic E-state index is 5.91. The maximum Gasteiger partial charge on any atom is 0.243 e.